The van der Waals surface area contributed by atoms with Crippen LogP contribution in [0.15, 0.2) is 132 Å². The zero-order valence-electron chi connectivity index (χ0n) is 33.8. The van der Waals surface area contributed by atoms with Crippen molar-refractivity contribution in [1.29, 1.82) is 0 Å². The number of carbonyl (C=O) groups is 2. The van der Waals surface area contributed by atoms with Gasteiger partial charge in [-0.15, -0.1) is 0 Å². The molecule has 0 unspecified atom stereocenters. The lowest BCUT2D eigenvalue weighted by atomic mass is 9.86. The number of aromatic amines is 1. The van der Waals surface area contributed by atoms with E-state index in [1.165, 1.54) is 23.9 Å². The number of likely N-dealkylation sites (tertiary alicyclic amines) is 1. The molecule has 6 aromatic rings. The van der Waals surface area contributed by atoms with Crippen molar-refractivity contribution in [3.8, 4) is 11.5 Å². The molecule has 6 N–H and O–H groups in total. The molecule has 1 saturated heterocycles. The largest absolute Gasteiger partial charge is 0.506 e. The smallest absolute Gasteiger partial charge is 0.347 e. The molecule has 1 aliphatic heterocycles. The molecular formula is C48H51N5O8. The second-order valence-electron chi connectivity index (χ2n) is 15.3. The molecule has 61 heavy (non-hydrogen) atoms. The third-order valence-corrected chi connectivity index (χ3v) is 11.0. The fourth-order valence-corrected chi connectivity index (χ4v) is 7.57. The van der Waals surface area contributed by atoms with Crippen molar-refractivity contribution < 1.29 is 34.4 Å². The number of carbonyl (C=O) groups excluding carboxylic acids is 2. The number of aromatic nitrogens is 2. The summed E-state index contributed by atoms with van der Waals surface area (Å²) >= 11 is 0. The van der Waals surface area contributed by atoms with Crippen LogP contribution in [0.4, 0.5) is 0 Å². The minimum atomic E-state index is -2.05. The molecule has 316 valence electrons. The Morgan fingerprint density at radius 2 is 1.66 bits per heavy atom. The monoisotopic (exact) mass is 825 g/mol. The Bertz CT molecular complexity index is 2440. The van der Waals surface area contributed by atoms with Crippen LogP contribution in [-0.2, 0) is 28.2 Å². The number of fused-ring (bicyclic) bond motifs is 1. The number of H-pyrrole nitrogens is 1. The van der Waals surface area contributed by atoms with E-state index in [2.05, 4.69) is 49.8 Å². The first-order chi connectivity index (χ1) is 29.7. The average molecular weight is 826 g/mol. The maximum Gasteiger partial charge on any atom is 0.347 e. The van der Waals surface area contributed by atoms with Gasteiger partial charge in [-0.05, 0) is 91.4 Å². The number of phenolic OH excluding ortho intramolecular Hbond substituents is 1. The third-order valence-electron chi connectivity index (χ3n) is 11.0. The standard InChI is InChI=1S/C48H51N5O8/c54-42-19-17-40(41-18-20-44(56)52-45(41)42)43(55)30-49-29-38-16-15-35(28-51-38)46(57)50-23-8-26-60-39-14-7-13-37(27-39)48(59,36-11-5-2-6-12-36)47(58)61-32-34-21-24-53(25-22-34)31-33-9-3-1-4-10-33/h1-7,9-20,27-28,34,43,49,54-55,59H,8,21-26,29-32H2,(H,50,57)(H,52,56)/t43-,48-/m0/s1. The predicted molar refractivity (Wildman–Crippen MR) is 231 cm³/mol. The van der Waals surface area contributed by atoms with Crippen molar-refractivity contribution in [2.45, 2.75) is 44.1 Å². The zero-order valence-corrected chi connectivity index (χ0v) is 33.8. The van der Waals surface area contributed by atoms with Crippen LogP contribution in [0.2, 0.25) is 0 Å². The van der Waals surface area contributed by atoms with Crippen LogP contribution in [0.3, 0.4) is 0 Å². The van der Waals surface area contributed by atoms with Crippen molar-refractivity contribution in [3.63, 3.8) is 0 Å². The molecule has 3 heterocycles. The number of aliphatic hydroxyl groups is 2. The summed E-state index contributed by atoms with van der Waals surface area (Å²) in [5.41, 5.74) is 1.49. The molecule has 0 spiro atoms. The summed E-state index contributed by atoms with van der Waals surface area (Å²) in [5, 5.41) is 39.6. The molecule has 4 aromatic carbocycles. The summed E-state index contributed by atoms with van der Waals surface area (Å²) in [4.78, 5) is 47.7. The molecule has 0 saturated carbocycles. The number of nitrogens with one attached hydrogen (secondary N) is 3. The molecule has 2 aromatic heterocycles. The van der Waals surface area contributed by atoms with Gasteiger partial charge in [0.05, 0.1) is 36.1 Å². The highest BCUT2D eigenvalue weighted by atomic mass is 16.5. The summed E-state index contributed by atoms with van der Waals surface area (Å²) in [6, 6.07) is 35.4. The van der Waals surface area contributed by atoms with Crippen LogP contribution in [0, 0.1) is 5.92 Å². The van der Waals surface area contributed by atoms with Crippen LogP contribution in [0.1, 0.15) is 63.7 Å². The minimum Gasteiger partial charge on any atom is -0.506 e. The predicted octanol–water partition coefficient (Wildman–Crippen LogP) is 5.34. The number of pyridine rings is 2. The van der Waals surface area contributed by atoms with Gasteiger partial charge in [0.1, 0.15) is 11.5 Å². The van der Waals surface area contributed by atoms with Crippen LogP contribution in [0.25, 0.3) is 10.9 Å². The number of nitrogens with zero attached hydrogens (tertiary/aromatic N) is 2. The van der Waals surface area contributed by atoms with Gasteiger partial charge in [0, 0.05) is 49.4 Å². The number of benzene rings is 4. The van der Waals surface area contributed by atoms with E-state index in [-0.39, 0.29) is 48.4 Å². The Morgan fingerprint density at radius 3 is 2.41 bits per heavy atom. The molecular weight excluding hydrogens is 775 g/mol. The fraction of sp³-hybridized carbons (Fsp3) is 0.292. The van der Waals surface area contributed by atoms with E-state index in [1.54, 1.807) is 72.8 Å². The van der Waals surface area contributed by atoms with Gasteiger partial charge in [0.15, 0.2) is 0 Å². The maximum atomic E-state index is 13.8. The summed E-state index contributed by atoms with van der Waals surface area (Å²) in [6.45, 7) is 4.08. The van der Waals surface area contributed by atoms with Crippen LogP contribution in [-0.4, -0.2) is 81.5 Å². The summed E-state index contributed by atoms with van der Waals surface area (Å²) in [7, 11) is 0. The van der Waals surface area contributed by atoms with E-state index < -0.39 is 17.7 Å². The van der Waals surface area contributed by atoms with Crippen molar-refractivity contribution in [2.24, 2.45) is 5.92 Å². The number of amides is 1. The molecule has 7 rings (SSSR count). The quantitative estimate of drug-likeness (QED) is 0.0486. The number of hydrogen-bond donors (Lipinski definition) is 6. The SMILES string of the molecule is O=C(NCCCOc1cccc([C@](O)(C(=O)OCC2CCN(Cc3ccccc3)CC2)c2ccccc2)c1)c1ccc(CNC[C@H](O)c2ccc(O)c3[nH]c(=O)ccc23)nc1. The molecule has 0 bridgehead atoms. The number of aromatic hydroxyl groups is 1. The van der Waals surface area contributed by atoms with Crippen LogP contribution >= 0.6 is 0 Å². The van der Waals surface area contributed by atoms with Gasteiger partial charge in [0.25, 0.3) is 5.91 Å². The number of rotatable bonds is 18. The molecule has 2 atom stereocenters. The summed E-state index contributed by atoms with van der Waals surface area (Å²) in [5.74, 6) is -0.432. The third kappa shape index (κ3) is 10.9. The lowest BCUT2D eigenvalue weighted by Crippen LogP contribution is -2.40. The lowest BCUT2D eigenvalue weighted by molar-refractivity contribution is -0.164. The topological polar surface area (TPSA) is 186 Å². The van der Waals surface area contributed by atoms with E-state index in [9.17, 15) is 29.7 Å². The van der Waals surface area contributed by atoms with Gasteiger partial charge in [-0.2, -0.15) is 0 Å². The zero-order chi connectivity index (χ0) is 42.6. The van der Waals surface area contributed by atoms with Gasteiger partial charge >= 0.3 is 5.97 Å². The maximum absolute atomic E-state index is 13.8. The van der Waals surface area contributed by atoms with Crippen LogP contribution in [0.5, 0.6) is 11.5 Å². The van der Waals surface area contributed by atoms with Gasteiger partial charge in [0.2, 0.25) is 11.2 Å². The molecule has 1 amide bonds. The number of esters is 1. The first-order valence-corrected chi connectivity index (χ1v) is 20.6. The van der Waals surface area contributed by atoms with E-state index >= 15 is 0 Å². The number of phenols is 1. The first-order valence-electron chi connectivity index (χ1n) is 20.6. The first kappa shape index (κ1) is 42.7. The Balaban J connectivity index is 0.855. The highest BCUT2D eigenvalue weighted by molar-refractivity contribution is 5.93. The molecule has 1 aliphatic rings. The van der Waals surface area contributed by atoms with Crippen molar-refractivity contribution in [2.75, 3.05) is 39.4 Å². The second kappa shape index (κ2) is 20.3. The van der Waals surface area contributed by atoms with Crippen molar-refractivity contribution >= 4 is 22.8 Å². The average Bonchev–Trinajstić information content (AvgIpc) is 3.29. The Labute approximate surface area is 354 Å². The molecule has 13 nitrogen and oxygen atoms in total. The van der Waals surface area contributed by atoms with Crippen LogP contribution < -0.4 is 20.9 Å². The van der Waals surface area contributed by atoms with Gasteiger partial charge < -0.3 is 40.4 Å². The number of ether oxygens (including phenoxy) is 2. The second-order valence-corrected chi connectivity index (χ2v) is 15.3. The number of hydrogen-bond acceptors (Lipinski definition) is 11. The highest BCUT2D eigenvalue weighted by Crippen LogP contribution is 2.34. The van der Waals surface area contributed by atoms with Crippen molar-refractivity contribution in [1.82, 2.24) is 25.5 Å². The van der Waals surface area contributed by atoms with E-state index in [4.69, 9.17) is 9.47 Å². The lowest BCUT2D eigenvalue weighted by Gasteiger charge is -2.33. The summed E-state index contributed by atoms with van der Waals surface area (Å²) < 4.78 is 11.9. The minimum absolute atomic E-state index is 0.0770. The molecule has 0 radical (unpaired) electrons. The molecule has 13 heteroatoms. The Kier molecular flexibility index (Phi) is 14.2. The number of piperidine rings is 1. The van der Waals surface area contributed by atoms with Gasteiger partial charge in [-0.25, -0.2) is 4.79 Å². The van der Waals surface area contributed by atoms with E-state index in [1.807, 2.05) is 12.1 Å². The highest BCUT2D eigenvalue weighted by Gasteiger charge is 2.42. The molecule has 1 fully saturated rings. The fourth-order valence-electron chi connectivity index (χ4n) is 7.57. The Hall–Kier alpha value is -6.38. The molecule has 0 aliphatic carbocycles. The Morgan fingerprint density at radius 1 is 0.902 bits per heavy atom. The van der Waals surface area contributed by atoms with Gasteiger partial charge in [-0.3, -0.25) is 19.5 Å². The number of aliphatic hydroxyl groups excluding tert-OH is 1. The normalized spacial score (nSPS) is 14.9. The van der Waals surface area contributed by atoms with E-state index in [0.29, 0.717) is 58.6 Å². The van der Waals surface area contributed by atoms with E-state index in [0.717, 1.165) is 32.5 Å². The van der Waals surface area contributed by atoms with Gasteiger partial charge in [-0.1, -0.05) is 78.9 Å². The van der Waals surface area contributed by atoms with Crippen molar-refractivity contribution in [3.05, 3.63) is 171 Å². The summed E-state index contributed by atoms with van der Waals surface area (Å²) in [6.07, 6.45) is 2.87.